The van der Waals surface area contributed by atoms with E-state index in [4.69, 9.17) is 0 Å². The Balaban J connectivity index is 1.75. The average molecular weight is 349 g/mol. The fourth-order valence-corrected chi connectivity index (χ4v) is 3.45. The van der Waals surface area contributed by atoms with E-state index in [1.807, 2.05) is 42.6 Å². The molecule has 0 aliphatic heterocycles. The Labute approximate surface area is 151 Å². The third-order valence-electron chi connectivity index (χ3n) is 4.29. The fourth-order valence-electron chi connectivity index (χ4n) is 2.62. The highest BCUT2D eigenvalue weighted by Gasteiger charge is 2.20. The summed E-state index contributed by atoms with van der Waals surface area (Å²) in [4.78, 5) is 28.0. The lowest BCUT2D eigenvalue weighted by atomic mass is 10.0. The minimum Gasteiger partial charge on any atom is -0.334 e. The molecule has 1 atom stereocenters. The maximum atomic E-state index is 12.7. The number of hydrogen-bond donors (Lipinski definition) is 0. The number of carbonyl (C=O) groups excluding carboxylic acids is 2. The summed E-state index contributed by atoms with van der Waals surface area (Å²) >= 11 is 1.64. The normalized spacial score (nSPS) is 11.8. The zero-order valence-corrected chi connectivity index (χ0v) is 15.0. The third kappa shape index (κ3) is 3.69. The zero-order chi connectivity index (χ0) is 17.8. The molecule has 0 saturated heterocycles. The molecule has 1 amide bonds. The molecule has 0 spiro atoms. The van der Waals surface area contributed by atoms with Crippen molar-refractivity contribution in [1.82, 2.24) is 4.90 Å². The lowest BCUT2D eigenvalue weighted by molar-refractivity contribution is 0.0744. The second-order valence-electron chi connectivity index (χ2n) is 5.88. The first-order valence-electron chi connectivity index (χ1n) is 8.08. The lowest BCUT2D eigenvalue weighted by Gasteiger charge is -2.24. The van der Waals surface area contributed by atoms with Gasteiger partial charge in [0.2, 0.25) is 0 Å². The summed E-state index contributed by atoms with van der Waals surface area (Å²) in [5.74, 6) is -0.0977. The second-order valence-corrected chi connectivity index (χ2v) is 6.86. The molecule has 0 saturated carbocycles. The molecule has 25 heavy (non-hydrogen) atoms. The largest absolute Gasteiger partial charge is 0.334 e. The van der Waals surface area contributed by atoms with Gasteiger partial charge in [0.1, 0.15) is 0 Å². The van der Waals surface area contributed by atoms with Gasteiger partial charge in [0.15, 0.2) is 5.78 Å². The minimum atomic E-state index is -0.0559. The van der Waals surface area contributed by atoms with Crippen molar-refractivity contribution in [2.24, 2.45) is 0 Å². The maximum absolute atomic E-state index is 12.7. The SMILES string of the molecule is CC(c1cccs1)N(C)C(=O)c1ccc(C(=O)c2ccccc2)cc1. The van der Waals surface area contributed by atoms with E-state index in [1.165, 1.54) is 0 Å². The van der Waals surface area contributed by atoms with Crippen molar-refractivity contribution in [3.63, 3.8) is 0 Å². The molecule has 1 unspecified atom stereocenters. The van der Waals surface area contributed by atoms with Gasteiger partial charge in [-0.3, -0.25) is 9.59 Å². The van der Waals surface area contributed by atoms with Crippen LogP contribution in [-0.4, -0.2) is 23.6 Å². The van der Waals surface area contributed by atoms with E-state index in [2.05, 4.69) is 0 Å². The molecule has 0 aliphatic rings. The van der Waals surface area contributed by atoms with Crippen LogP contribution in [0.15, 0.2) is 72.1 Å². The van der Waals surface area contributed by atoms with Crippen LogP contribution >= 0.6 is 11.3 Å². The van der Waals surface area contributed by atoms with Gasteiger partial charge in [-0.1, -0.05) is 48.5 Å². The van der Waals surface area contributed by atoms with Gasteiger partial charge in [-0.15, -0.1) is 11.3 Å². The summed E-state index contributed by atoms with van der Waals surface area (Å²) in [6.45, 7) is 2.01. The summed E-state index contributed by atoms with van der Waals surface area (Å²) < 4.78 is 0. The van der Waals surface area contributed by atoms with Crippen LogP contribution in [0.25, 0.3) is 0 Å². The molecule has 3 rings (SSSR count). The van der Waals surface area contributed by atoms with E-state index in [0.29, 0.717) is 16.7 Å². The van der Waals surface area contributed by atoms with Crippen molar-refractivity contribution in [2.75, 3.05) is 7.05 Å². The molecule has 0 N–H and O–H groups in total. The Morgan fingerprint density at radius 3 is 2.04 bits per heavy atom. The Morgan fingerprint density at radius 1 is 0.840 bits per heavy atom. The molecular formula is C21H19NO2S. The summed E-state index contributed by atoms with van der Waals surface area (Å²) in [6, 6.07) is 20.0. The molecule has 3 nitrogen and oxygen atoms in total. The number of rotatable bonds is 5. The zero-order valence-electron chi connectivity index (χ0n) is 14.2. The molecule has 2 aromatic carbocycles. The Kier molecular flexibility index (Phi) is 5.10. The second kappa shape index (κ2) is 7.45. The molecule has 0 aliphatic carbocycles. The van der Waals surface area contributed by atoms with Crippen molar-refractivity contribution in [1.29, 1.82) is 0 Å². The predicted molar refractivity (Wildman–Crippen MR) is 101 cm³/mol. The van der Waals surface area contributed by atoms with Crippen LogP contribution in [0.5, 0.6) is 0 Å². The Morgan fingerprint density at radius 2 is 1.44 bits per heavy atom. The monoisotopic (exact) mass is 349 g/mol. The lowest BCUT2D eigenvalue weighted by Crippen LogP contribution is -2.29. The Bertz CT molecular complexity index is 855. The molecule has 1 aromatic heterocycles. The van der Waals surface area contributed by atoms with Gasteiger partial charge < -0.3 is 4.90 Å². The van der Waals surface area contributed by atoms with Gasteiger partial charge in [-0.2, -0.15) is 0 Å². The molecule has 3 aromatic rings. The third-order valence-corrected chi connectivity index (χ3v) is 5.33. The van der Waals surface area contributed by atoms with Gasteiger partial charge in [0.25, 0.3) is 5.91 Å². The highest BCUT2D eigenvalue weighted by Crippen LogP contribution is 2.25. The fraction of sp³-hybridized carbons (Fsp3) is 0.143. The van der Waals surface area contributed by atoms with E-state index in [0.717, 1.165) is 4.88 Å². The van der Waals surface area contributed by atoms with Crippen molar-refractivity contribution in [3.05, 3.63) is 93.7 Å². The van der Waals surface area contributed by atoms with E-state index >= 15 is 0 Å². The van der Waals surface area contributed by atoms with Crippen LogP contribution in [0.4, 0.5) is 0 Å². The smallest absolute Gasteiger partial charge is 0.254 e. The maximum Gasteiger partial charge on any atom is 0.254 e. The summed E-state index contributed by atoms with van der Waals surface area (Å²) in [5, 5.41) is 2.01. The summed E-state index contributed by atoms with van der Waals surface area (Å²) in [7, 11) is 1.80. The number of benzene rings is 2. The number of carbonyl (C=O) groups is 2. The quantitative estimate of drug-likeness (QED) is 0.620. The number of nitrogens with zero attached hydrogens (tertiary/aromatic N) is 1. The highest BCUT2D eigenvalue weighted by atomic mass is 32.1. The molecule has 0 radical (unpaired) electrons. The first kappa shape index (κ1) is 17.1. The van der Waals surface area contributed by atoms with Gasteiger partial charge in [-0.25, -0.2) is 0 Å². The number of amides is 1. The van der Waals surface area contributed by atoms with Crippen LogP contribution in [0.1, 0.15) is 44.1 Å². The van der Waals surface area contributed by atoms with E-state index in [-0.39, 0.29) is 17.7 Å². The first-order valence-corrected chi connectivity index (χ1v) is 8.96. The highest BCUT2D eigenvalue weighted by molar-refractivity contribution is 7.10. The van der Waals surface area contributed by atoms with Gasteiger partial charge >= 0.3 is 0 Å². The first-order chi connectivity index (χ1) is 12.1. The number of ketones is 1. The minimum absolute atomic E-state index is 0.0122. The summed E-state index contributed by atoms with van der Waals surface area (Å²) in [5.41, 5.74) is 1.80. The molecule has 126 valence electrons. The molecule has 0 fully saturated rings. The van der Waals surface area contributed by atoms with Gasteiger partial charge in [-0.05, 0) is 30.5 Å². The topological polar surface area (TPSA) is 37.4 Å². The van der Waals surface area contributed by atoms with Gasteiger partial charge in [0.05, 0.1) is 6.04 Å². The van der Waals surface area contributed by atoms with E-state index < -0.39 is 0 Å². The van der Waals surface area contributed by atoms with E-state index in [1.54, 1.807) is 59.7 Å². The standard InChI is InChI=1S/C21H19NO2S/c1-15(19-9-6-14-25-19)22(2)21(24)18-12-10-17(11-13-18)20(23)16-7-4-3-5-8-16/h3-15H,1-2H3. The molecule has 0 bridgehead atoms. The Hall–Kier alpha value is -2.72. The van der Waals surface area contributed by atoms with Crippen molar-refractivity contribution < 1.29 is 9.59 Å². The molecule has 1 heterocycles. The molecule has 4 heteroatoms. The van der Waals surface area contributed by atoms with Gasteiger partial charge in [0, 0.05) is 28.6 Å². The van der Waals surface area contributed by atoms with Crippen LogP contribution in [0.3, 0.4) is 0 Å². The van der Waals surface area contributed by atoms with E-state index in [9.17, 15) is 9.59 Å². The van der Waals surface area contributed by atoms with Crippen molar-refractivity contribution in [3.8, 4) is 0 Å². The average Bonchev–Trinajstić information content (AvgIpc) is 3.21. The van der Waals surface area contributed by atoms with Crippen LogP contribution < -0.4 is 0 Å². The number of thiophene rings is 1. The predicted octanol–water partition coefficient (Wildman–Crippen LogP) is 4.81. The number of hydrogen-bond acceptors (Lipinski definition) is 3. The van der Waals surface area contributed by atoms with Crippen molar-refractivity contribution >= 4 is 23.0 Å². The van der Waals surface area contributed by atoms with Crippen molar-refractivity contribution in [2.45, 2.75) is 13.0 Å². The van der Waals surface area contributed by atoms with Crippen LogP contribution in [-0.2, 0) is 0 Å². The van der Waals surface area contributed by atoms with Crippen LogP contribution in [0.2, 0.25) is 0 Å². The summed E-state index contributed by atoms with van der Waals surface area (Å²) in [6.07, 6.45) is 0. The molecular weight excluding hydrogens is 330 g/mol. The van der Waals surface area contributed by atoms with Crippen LogP contribution in [0, 0.1) is 0 Å².